The van der Waals surface area contributed by atoms with Crippen LogP contribution >= 0.6 is 11.5 Å². The molecule has 0 amide bonds. The van der Waals surface area contributed by atoms with Gasteiger partial charge in [0.25, 0.3) is 0 Å². The lowest BCUT2D eigenvalue weighted by Gasteiger charge is -2.08. The van der Waals surface area contributed by atoms with Gasteiger partial charge in [-0.05, 0) is 35.1 Å². The SMILES string of the molecule is CCc1cc(-c2nnsc2-c2ccccc2)c(O)cc1O. The molecule has 0 unspecified atom stereocenters. The Labute approximate surface area is 126 Å². The van der Waals surface area contributed by atoms with Crippen molar-refractivity contribution in [2.45, 2.75) is 13.3 Å². The van der Waals surface area contributed by atoms with E-state index in [0.717, 1.165) is 16.0 Å². The lowest BCUT2D eigenvalue weighted by atomic mass is 10.0. The molecule has 5 heteroatoms. The average Bonchev–Trinajstić information content (AvgIpc) is 2.97. The van der Waals surface area contributed by atoms with Gasteiger partial charge in [-0.3, -0.25) is 0 Å². The summed E-state index contributed by atoms with van der Waals surface area (Å²) in [5, 5.41) is 24.1. The van der Waals surface area contributed by atoms with Crippen LogP contribution in [0.4, 0.5) is 0 Å². The van der Waals surface area contributed by atoms with Crippen LogP contribution in [0.1, 0.15) is 12.5 Å². The van der Waals surface area contributed by atoms with Gasteiger partial charge in [-0.15, -0.1) is 5.10 Å². The fourth-order valence-electron chi connectivity index (χ4n) is 2.24. The minimum atomic E-state index is 0.00887. The fourth-order valence-corrected chi connectivity index (χ4v) is 2.92. The smallest absolute Gasteiger partial charge is 0.128 e. The first kappa shape index (κ1) is 13.6. The first-order valence-corrected chi connectivity index (χ1v) is 7.41. The Bertz CT molecular complexity index is 769. The van der Waals surface area contributed by atoms with Crippen LogP contribution in [-0.4, -0.2) is 19.8 Å². The maximum atomic E-state index is 10.1. The van der Waals surface area contributed by atoms with E-state index >= 15 is 0 Å². The van der Waals surface area contributed by atoms with Gasteiger partial charge in [-0.2, -0.15) is 0 Å². The first-order chi connectivity index (χ1) is 10.2. The maximum Gasteiger partial charge on any atom is 0.128 e. The normalized spacial score (nSPS) is 10.7. The number of phenols is 2. The molecule has 3 rings (SSSR count). The molecule has 0 fully saturated rings. The predicted octanol–water partition coefficient (Wildman–Crippen LogP) is 3.85. The second kappa shape index (κ2) is 5.54. The standard InChI is InChI=1S/C16H14N2O2S/c1-2-10-8-12(14(20)9-13(10)19)15-16(21-18-17-15)11-6-4-3-5-7-11/h3-9,19-20H,2H2,1H3. The number of aromatic nitrogens is 2. The molecule has 0 spiro atoms. The summed E-state index contributed by atoms with van der Waals surface area (Å²) in [5.74, 6) is 0.109. The summed E-state index contributed by atoms with van der Waals surface area (Å²) in [6.07, 6.45) is 0.678. The summed E-state index contributed by atoms with van der Waals surface area (Å²) < 4.78 is 4.01. The summed E-state index contributed by atoms with van der Waals surface area (Å²) >= 11 is 1.29. The molecule has 0 bridgehead atoms. The van der Waals surface area contributed by atoms with Gasteiger partial charge in [0.1, 0.15) is 17.2 Å². The van der Waals surface area contributed by atoms with Crippen molar-refractivity contribution in [1.82, 2.24) is 9.59 Å². The zero-order chi connectivity index (χ0) is 14.8. The average molecular weight is 298 g/mol. The Balaban J connectivity index is 2.17. The summed E-state index contributed by atoms with van der Waals surface area (Å²) in [5.41, 5.74) is 3.01. The lowest BCUT2D eigenvalue weighted by molar-refractivity contribution is 0.447. The maximum absolute atomic E-state index is 10.1. The van der Waals surface area contributed by atoms with E-state index in [1.807, 2.05) is 37.3 Å². The van der Waals surface area contributed by atoms with Gasteiger partial charge in [0.2, 0.25) is 0 Å². The zero-order valence-corrected chi connectivity index (χ0v) is 12.3. The molecule has 1 aromatic heterocycles. The van der Waals surface area contributed by atoms with Crippen LogP contribution in [0.25, 0.3) is 21.7 Å². The minimum absolute atomic E-state index is 0.00887. The van der Waals surface area contributed by atoms with Crippen molar-refractivity contribution in [2.24, 2.45) is 0 Å². The lowest BCUT2D eigenvalue weighted by Crippen LogP contribution is -1.88. The monoisotopic (exact) mass is 298 g/mol. The Morgan fingerprint density at radius 2 is 1.81 bits per heavy atom. The summed E-state index contributed by atoms with van der Waals surface area (Å²) in [4.78, 5) is 0.902. The number of benzene rings is 2. The van der Waals surface area contributed by atoms with E-state index in [-0.39, 0.29) is 11.5 Å². The molecule has 0 radical (unpaired) electrons. The predicted molar refractivity (Wildman–Crippen MR) is 83.5 cm³/mol. The number of phenolic OH excluding ortho intramolecular Hbond substituents is 2. The first-order valence-electron chi connectivity index (χ1n) is 6.63. The quantitative estimate of drug-likeness (QED) is 0.771. The molecule has 0 saturated carbocycles. The highest BCUT2D eigenvalue weighted by molar-refractivity contribution is 7.09. The summed E-state index contributed by atoms with van der Waals surface area (Å²) in [7, 11) is 0. The Morgan fingerprint density at radius 1 is 1.05 bits per heavy atom. The molecule has 0 aliphatic rings. The molecule has 0 aliphatic carbocycles. The van der Waals surface area contributed by atoms with Crippen molar-refractivity contribution in [3.8, 4) is 33.2 Å². The van der Waals surface area contributed by atoms with Gasteiger partial charge in [0.15, 0.2) is 0 Å². The van der Waals surface area contributed by atoms with Crippen molar-refractivity contribution in [2.75, 3.05) is 0 Å². The Hall–Kier alpha value is -2.40. The molecular formula is C16H14N2O2S. The third-order valence-electron chi connectivity index (χ3n) is 3.36. The van der Waals surface area contributed by atoms with Crippen LogP contribution in [0.5, 0.6) is 11.5 Å². The van der Waals surface area contributed by atoms with E-state index < -0.39 is 0 Å². The van der Waals surface area contributed by atoms with Crippen molar-refractivity contribution in [3.63, 3.8) is 0 Å². The highest BCUT2D eigenvalue weighted by Gasteiger charge is 2.17. The van der Waals surface area contributed by atoms with Crippen molar-refractivity contribution >= 4 is 11.5 Å². The summed E-state index contributed by atoms with van der Waals surface area (Å²) in [6, 6.07) is 13.0. The zero-order valence-electron chi connectivity index (χ0n) is 11.4. The molecule has 0 atom stereocenters. The van der Waals surface area contributed by atoms with Gasteiger partial charge in [0.05, 0.1) is 4.88 Å². The van der Waals surface area contributed by atoms with E-state index in [0.29, 0.717) is 17.7 Å². The van der Waals surface area contributed by atoms with Gasteiger partial charge < -0.3 is 10.2 Å². The van der Waals surface area contributed by atoms with Crippen molar-refractivity contribution in [1.29, 1.82) is 0 Å². The fraction of sp³-hybridized carbons (Fsp3) is 0.125. The van der Waals surface area contributed by atoms with E-state index in [2.05, 4.69) is 9.59 Å². The van der Waals surface area contributed by atoms with Crippen LogP contribution < -0.4 is 0 Å². The molecule has 0 aliphatic heterocycles. The van der Waals surface area contributed by atoms with Gasteiger partial charge >= 0.3 is 0 Å². The van der Waals surface area contributed by atoms with Crippen molar-refractivity contribution < 1.29 is 10.2 Å². The Morgan fingerprint density at radius 3 is 2.52 bits per heavy atom. The molecular weight excluding hydrogens is 284 g/mol. The van der Waals surface area contributed by atoms with Crippen LogP contribution in [0.2, 0.25) is 0 Å². The van der Waals surface area contributed by atoms with Gasteiger partial charge in [0, 0.05) is 11.6 Å². The molecule has 2 aromatic carbocycles. The molecule has 1 heterocycles. The van der Waals surface area contributed by atoms with Gasteiger partial charge in [-0.25, -0.2) is 0 Å². The van der Waals surface area contributed by atoms with Crippen LogP contribution in [0.3, 0.4) is 0 Å². The highest BCUT2D eigenvalue weighted by Crippen LogP contribution is 2.40. The molecule has 2 N–H and O–H groups in total. The molecule has 3 aromatic rings. The second-order valence-corrected chi connectivity index (χ2v) is 5.42. The number of aromatic hydroxyl groups is 2. The molecule has 0 saturated heterocycles. The third-order valence-corrected chi connectivity index (χ3v) is 4.13. The van der Waals surface area contributed by atoms with Gasteiger partial charge in [-0.1, -0.05) is 41.7 Å². The number of aryl methyl sites for hydroxylation is 1. The number of rotatable bonds is 3. The van der Waals surface area contributed by atoms with E-state index in [4.69, 9.17) is 0 Å². The largest absolute Gasteiger partial charge is 0.508 e. The molecule has 4 nitrogen and oxygen atoms in total. The van der Waals surface area contributed by atoms with E-state index in [9.17, 15) is 10.2 Å². The number of hydrogen-bond acceptors (Lipinski definition) is 5. The highest BCUT2D eigenvalue weighted by atomic mass is 32.1. The topological polar surface area (TPSA) is 66.2 Å². The third kappa shape index (κ3) is 2.48. The summed E-state index contributed by atoms with van der Waals surface area (Å²) in [6.45, 7) is 1.95. The molecule has 21 heavy (non-hydrogen) atoms. The van der Waals surface area contributed by atoms with Crippen LogP contribution in [0.15, 0.2) is 42.5 Å². The minimum Gasteiger partial charge on any atom is -0.508 e. The van der Waals surface area contributed by atoms with Crippen molar-refractivity contribution in [3.05, 3.63) is 48.0 Å². The van der Waals surface area contributed by atoms with E-state index in [1.54, 1.807) is 6.07 Å². The molecule has 106 valence electrons. The van der Waals surface area contributed by atoms with Crippen LogP contribution in [0, 0.1) is 0 Å². The second-order valence-electron chi connectivity index (χ2n) is 4.67. The van der Waals surface area contributed by atoms with E-state index in [1.165, 1.54) is 17.6 Å². The van der Waals surface area contributed by atoms with Crippen LogP contribution in [-0.2, 0) is 6.42 Å². The number of nitrogens with zero attached hydrogens (tertiary/aromatic N) is 2. The Kier molecular flexibility index (Phi) is 3.58. The number of hydrogen-bond donors (Lipinski definition) is 2.